The van der Waals surface area contributed by atoms with Crippen LogP contribution < -0.4 is 4.90 Å². The van der Waals surface area contributed by atoms with E-state index < -0.39 is 5.97 Å². The highest BCUT2D eigenvalue weighted by molar-refractivity contribution is 8.19. The van der Waals surface area contributed by atoms with Crippen LogP contribution in [-0.2, 0) is 9.53 Å². The lowest BCUT2D eigenvalue weighted by atomic mass is 10.1. The summed E-state index contributed by atoms with van der Waals surface area (Å²) in [7, 11) is 1.32. The number of ether oxygens (including phenoxy) is 1. The zero-order valence-corrected chi connectivity index (χ0v) is 14.5. The molecule has 1 saturated heterocycles. The number of nitrogens with zero attached hydrogens (tertiary/aromatic N) is 1. The molecule has 0 spiro atoms. The molecule has 2 amide bonds. The van der Waals surface area contributed by atoms with Gasteiger partial charge in [-0.15, -0.1) is 0 Å². The average molecular weight is 353 g/mol. The zero-order valence-electron chi connectivity index (χ0n) is 13.7. The van der Waals surface area contributed by atoms with Crippen LogP contribution in [0.4, 0.5) is 10.5 Å². The number of carbonyl (C=O) groups is 3. The molecule has 3 rings (SSSR count). The third-order valence-corrected chi connectivity index (χ3v) is 4.59. The Kier molecular flexibility index (Phi) is 4.72. The van der Waals surface area contributed by atoms with Gasteiger partial charge in [0.15, 0.2) is 0 Å². The number of hydrogen-bond donors (Lipinski definition) is 0. The maximum Gasteiger partial charge on any atom is 0.337 e. The minimum atomic E-state index is -0.425. The van der Waals surface area contributed by atoms with Gasteiger partial charge in [0.05, 0.1) is 23.3 Å². The molecule has 1 heterocycles. The summed E-state index contributed by atoms with van der Waals surface area (Å²) in [6.45, 7) is 1.94. The Bertz CT molecular complexity index is 869. The monoisotopic (exact) mass is 353 g/mol. The first-order valence-corrected chi connectivity index (χ1v) is 8.34. The second-order valence-corrected chi connectivity index (χ2v) is 6.46. The Hall–Kier alpha value is -2.86. The van der Waals surface area contributed by atoms with Crippen molar-refractivity contribution >= 4 is 40.6 Å². The normalized spacial score (nSPS) is 15.8. The third-order valence-electron chi connectivity index (χ3n) is 3.72. The summed E-state index contributed by atoms with van der Waals surface area (Å²) in [4.78, 5) is 37.7. The van der Waals surface area contributed by atoms with Crippen LogP contribution in [0, 0.1) is 6.92 Å². The fourth-order valence-electron chi connectivity index (χ4n) is 2.37. The highest BCUT2D eigenvalue weighted by Gasteiger charge is 2.36. The van der Waals surface area contributed by atoms with E-state index in [0.29, 0.717) is 16.2 Å². The van der Waals surface area contributed by atoms with Gasteiger partial charge in [0.2, 0.25) is 0 Å². The molecule has 6 heteroatoms. The quantitative estimate of drug-likeness (QED) is 0.616. The summed E-state index contributed by atoms with van der Waals surface area (Å²) in [5.41, 5.74) is 2.75. The second kappa shape index (κ2) is 6.94. The molecule has 0 bridgehead atoms. The molecule has 0 aliphatic carbocycles. The summed E-state index contributed by atoms with van der Waals surface area (Å²) < 4.78 is 4.65. The van der Waals surface area contributed by atoms with Crippen molar-refractivity contribution in [3.05, 3.63) is 70.1 Å². The standard InChI is InChI=1S/C19H15NO4S/c1-12-3-9-15(10-4-12)20-17(21)16(25-19(20)23)11-13-5-7-14(8-6-13)18(22)24-2/h3-11H,1-2H3/b16-11-. The van der Waals surface area contributed by atoms with Gasteiger partial charge in [-0.3, -0.25) is 9.59 Å². The van der Waals surface area contributed by atoms with Gasteiger partial charge in [-0.1, -0.05) is 29.8 Å². The number of rotatable bonds is 3. The molecule has 0 unspecified atom stereocenters. The largest absolute Gasteiger partial charge is 0.465 e. The highest BCUT2D eigenvalue weighted by Crippen LogP contribution is 2.35. The molecular weight excluding hydrogens is 338 g/mol. The van der Waals surface area contributed by atoms with E-state index in [-0.39, 0.29) is 11.1 Å². The molecule has 0 N–H and O–H groups in total. The first-order valence-electron chi connectivity index (χ1n) is 7.52. The molecule has 2 aromatic carbocycles. The molecule has 126 valence electrons. The van der Waals surface area contributed by atoms with Gasteiger partial charge in [-0.2, -0.15) is 0 Å². The van der Waals surface area contributed by atoms with E-state index in [9.17, 15) is 14.4 Å². The minimum Gasteiger partial charge on any atom is -0.465 e. The van der Waals surface area contributed by atoms with E-state index in [2.05, 4.69) is 4.74 Å². The number of esters is 1. The molecule has 0 atom stereocenters. The van der Waals surface area contributed by atoms with Crippen LogP contribution in [-0.4, -0.2) is 24.2 Å². The fourth-order valence-corrected chi connectivity index (χ4v) is 3.21. The Morgan fingerprint density at radius 3 is 2.28 bits per heavy atom. The third kappa shape index (κ3) is 3.49. The molecule has 2 aromatic rings. The molecule has 1 aliphatic rings. The smallest absolute Gasteiger partial charge is 0.337 e. The Labute approximate surface area is 149 Å². The Morgan fingerprint density at radius 2 is 1.68 bits per heavy atom. The number of carbonyl (C=O) groups excluding carboxylic acids is 3. The fraction of sp³-hybridized carbons (Fsp3) is 0.105. The number of imide groups is 1. The van der Waals surface area contributed by atoms with Crippen LogP contribution in [0.5, 0.6) is 0 Å². The van der Waals surface area contributed by atoms with Gasteiger partial charge >= 0.3 is 5.97 Å². The van der Waals surface area contributed by atoms with Crippen molar-refractivity contribution in [3.8, 4) is 0 Å². The van der Waals surface area contributed by atoms with E-state index in [1.54, 1.807) is 42.5 Å². The topological polar surface area (TPSA) is 63.7 Å². The summed E-state index contributed by atoms with van der Waals surface area (Å²) in [6.07, 6.45) is 1.64. The predicted octanol–water partition coefficient (Wildman–Crippen LogP) is 4.02. The number of methoxy groups -OCH3 is 1. The van der Waals surface area contributed by atoms with Crippen LogP contribution in [0.1, 0.15) is 21.5 Å². The number of anilines is 1. The SMILES string of the molecule is COC(=O)c1ccc(/C=C2\SC(=O)N(c3ccc(C)cc3)C2=O)cc1. The van der Waals surface area contributed by atoms with Gasteiger partial charge in [0, 0.05) is 0 Å². The molecule has 5 nitrogen and oxygen atoms in total. The lowest BCUT2D eigenvalue weighted by Crippen LogP contribution is -2.27. The van der Waals surface area contributed by atoms with E-state index >= 15 is 0 Å². The number of benzene rings is 2. The highest BCUT2D eigenvalue weighted by atomic mass is 32.2. The number of hydrogen-bond acceptors (Lipinski definition) is 5. The Morgan fingerprint density at radius 1 is 1.04 bits per heavy atom. The minimum absolute atomic E-state index is 0.328. The summed E-state index contributed by atoms with van der Waals surface area (Å²) in [5.74, 6) is -0.776. The lowest BCUT2D eigenvalue weighted by molar-refractivity contribution is -0.113. The van der Waals surface area contributed by atoms with Crippen molar-refractivity contribution in [2.45, 2.75) is 6.92 Å². The zero-order chi connectivity index (χ0) is 18.0. The van der Waals surface area contributed by atoms with Gasteiger partial charge in [-0.05, 0) is 54.6 Å². The van der Waals surface area contributed by atoms with Gasteiger partial charge in [-0.25, -0.2) is 9.69 Å². The van der Waals surface area contributed by atoms with Crippen LogP contribution in [0.2, 0.25) is 0 Å². The van der Waals surface area contributed by atoms with E-state index in [4.69, 9.17) is 0 Å². The summed E-state index contributed by atoms with van der Waals surface area (Å²) >= 11 is 0.898. The molecule has 0 aromatic heterocycles. The molecule has 0 saturated carbocycles. The molecular formula is C19H15NO4S. The van der Waals surface area contributed by atoms with Crippen LogP contribution in [0.25, 0.3) is 6.08 Å². The maximum atomic E-state index is 12.6. The van der Waals surface area contributed by atoms with Crippen LogP contribution in [0.15, 0.2) is 53.4 Å². The van der Waals surface area contributed by atoms with E-state index in [0.717, 1.165) is 22.9 Å². The average Bonchev–Trinajstić information content (AvgIpc) is 2.89. The van der Waals surface area contributed by atoms with Gasteiger partial charge in [0.25, 0.3) is 11.1 Å². The number of amides is 2. The van der Waals surface area contributed by atoms with E-state index in [1.807, 2.05) is 19.1 Å². The summed E-state index contributed by atoms with van der Waals surface area (Å²) in [5, 5.41) is -0.328. The van der Waals surface area contributed by atoms with Crippen molar-refractivity contribution in [1.29, 1.82) is 0 Å². The van der Waals surface area contributed by atoms with Gasteiger partial charge in [0.1, 0.15) is 0 Å². The first-order chi connectivity index (χ1) is 12.0. The molecule has 0 radical (unpaired) electrons. The van der Waals surface area contributed by atoms with Crippen molar-refractivity contribution in [3.63, 3.8) is 0 Å². The summed E-state index contributed by atoms with van der Waals surface area (Å²) in [6, 6.07) is 13.8. The van der Waals surface area contributed by atoms with Crippen molar-refractivity contribution in [2.24, 2.45) is 0 Å². The maximum absolute atomic E-state index is 12.6. The number of aryl methyl sites for hydroxylation is 1. The predicted molar refractivity (Wildman–Crippen MR) is 97.4 cm³/mol. The molecule has 1 fully saturated rings. The Balaban J connectivity index is 1.85. The first kappa shape index (κ1) is 17.0. The second-order valence-electron chi connectivity index (χ2n) is 5.47. The molecule has 25 heavy (non-hydrogen) atoms. The van der Waals surface area contributed by atoms with Crippen molar-refractivity contribution in [2.75, 3.05) is 12.0 Å². The number of thioether (sulfide) groups is 1. The molecule has 1 aliphatic heterocycles. The van der Waals surface area contributed by atoms with Crippen LogP contribution in [0.3, 0.4) is 0 Å². The van der Waals surface area contributed by atoms with Gasteiger partial charge < -0.3 is 4.74 Å². The van der Waals surface area contributed by atoms with Crippen LogP contribution >= 0.6 is 11.8 Å². The lowest BCUT2D eigenvalue weighted by Gasteiger charge is -2.12. The van der Waals surface area contributed by atoms with E-state index in [1.165, 1.54) is 12.0 Å². The van der Waals surface area contributed by atoms with Crippen molar-refractivity contribution < 1.29 is 19.1 Å². The van der Waals surface area contributed by atoms with Crippen molar-refractivity contribution in [1.82, 2.24) is 0 Å².